The average molecular weight is 362 g/mol. The van der Waals surface area contributed by atoms with Gasteiger partial charge in [-0.15, -0.1) is 0 Å². The Balaban J connectivity index is 1.86. The lowest BCUT2D eigenvalue weighted by Crippen LogP contribution is -2.35. The highest BCUT2D eigenvalue weighted by Gasteiger charge is 2.36. The number of nitrogens with zero attached hydrogens (tertiary/aromatic N) is 1. The first-order valence-electron chi connectivity index (χ1n) is 7.99. The van der Waals surface area contributed by atoms with Crippen LogP contribution in [0.1, 0.15) is 41.7 Å². The monoisotopic (exact) mass is 361 g/mol. The smallest absolute Gasteiger partial charge is 0.254 e. The Kier molecular flexibility index (Phi) is 5.07. The summed E-state index contributed by atoms with van der Waals surface area (Å²) in [5, 5.41) is 0.693. The van der Waals surface area contributed by atoms with Gasteiger partial charge in [0.25, 0.3) is 5.91 Å². The van der Waals surface area contributed by atoms with E-state index in [1.807, 2.05) is 29.2 Å². The maximum atomic E-state index is 13.0. The van der Waals surface area contributed by atoms with Crippen LogP contribution in [0.5, 0.6) is 0 Å². The molecule has 3 nitrogen and oxygen atoms in total. The van der Waals surface area contributed by atoms with E-state index in [-0.39, 0.29) is 11.9 Å². The second-order valence-corrected chi connectivity index (χ2v) is 7.97. The van der Waals surface area contributed by atoms with Crippen LogP contribution in [0, 0.1) is 0 Å². The Morgan fingerprint density at radius 2 is 1.71 bits per heavy atom. The van der Waals surface area contributed by atoms with Crippen LogP contribution in [-0.2, 0) is 10.8 Å². The highest BCUT2D eigenvalue weighted by atomic mass is 35.5. The summed E-state index contributed by atoms with van der Waals surface area (Å²) in [5.41, 5.74) is 1.71. The minimum Gasteiger partial charge on any atom is -0.329 e. The average Bonchev–Trinajstić information content (AvgIpc) is 3.40. The quantitative estimate of drug-likeness (QED) is 0.789. The van der Waals surface area contributed by atoms with Crippen molar-refractivity contribution in [1.29, 1.82) is 0 Å². The molecule has 1 saturated carbocycles. The molecule has 2 aromatic rings. The van der Waals surface area contributed by atoms with E-state index in [1.165, 1.54) is 0 Å². The van der Waals surface area contributed by atoms with E-state index in [4.69, 9.17) is 11.6 Å². The number of carbonyl (C=O) groups excluding carboxylic acids is 1. The van der Waals surface area contributed by atoms with Crippen molar-refractivity contribution in [1.82, 2.24) is 4.90 Å². The molecule has 2 aromatic carbocycles. The SMILES string of the molecule is CC(c1ccc(Cl)cc1)N(C(=O)c1ccc(S(C)=O)cc1)C1CC1. The van der Waals surface area contributed by atoms with Crippen LogP contribution >= 0.6 is 11.6 Å². The molecule has 2 unspecified atom stereocenters. The molecule has 126 valence electrons. The summed E-state index contributed by atoms with van der Waals surface area (Å²) in [6, 6.07) is 15.0. The third-order valence-corrected chi connectivity index (χ3v) is 5.57. The van der Waals surface area contributed by atoms with Gasteiger partial charge in [0.1, 0.15) is 0 Å². The van der Waals surface area contributed by atoms with Gasteiger partial charge < -0.3 is 4.90 Å². The lowest BCUT2D eigenvalue weighted by Gasteiger charge is -2.30. The molecule has 0 N–H and O–H groups in total. The van der Waals surface area contributed by atoms with Gasteiger partial charge in [0.2, 0.25) is 0 Å². The lowest BCUT2D eigenvalue weighted by atomic mass is 10.1. The summed E-state index contributed by atoms with van der Waals surface area (Å²) >= 11 is 5.96. The van der Waals surface area contributed by atoms with Gasteiger partial charge in [-0.05, 0) is 61.7 Å². The predicted molar refractivity (Wildman–Crippen MR) is 97.8 cm³/mol. The van der Waals surface area contributed by atoms with Crippen LogP contribution in [0.25, 0.3) is 0 Å². The van der Waals surface area contributed by atoms with Gasteiger partial charge in [-0.1, -0.05) is 23.7 Å². The summed E-state index contributed by atoms with van der Waals surface area (Å²) in [6.07, 6.45) is 3.72. The Morgan fingerprint density at radius 3 is 2.21 bits per heavy atom. The number of carbonyl (C=O) groups is 1. The van der Waals surface area contributed by atoms with E-state index in [0.717, 1.165) is 23.3 Å². The molecule has 2 atom stereocenters. The second-order valence-electron chi connectivity index (χ2n) is 6.15. The zero-order chi connectivity index (χ0) is 17.3. The molecule has 0 radical (unpaired) electrons. The number of rotatable bonds is 5. The van der Waals surface area contributed by atoms with E-state index < -0.39 is 10.8 Å². The summed E-state index contributed by atoms with van der Waals surface area (Å²) in [7, 11) is -1.04. The first-order chi connectivity index (χ1) is 11.5. The third-order valence-electron chi connectivity index (χ3n) is 4.38. The topological polar surface area (TPSA) is 37.4 Å². The van der Waals surface area contributed by atoms with Crippen LogP contribution in [-0.4, -0.2) is 27.3 Å². The fourth-order valence-corrected chi connectivity index (χ4v) is 3.50. The highest BCUT2D eigenvalue weighted by molar-refractivity contribution is 7.84. The van der Waals surface area contributed by atoms with Gasteiger partial charge in [-0.2, -0.15) is 0 Å². The van der Waals surface area contributed by atoms with Gasteiger partial charge in [0, 0.05) is 38.6 Å². The Morgan fingerprint density at radius 1 is 1.12 bits per heavy atom. The normalized spacial score (nSPS) is 16.5. The number of hydrogen-bond acceptors (Lipinski definition) is 2. The molecule has 1 fully saturated rings. The molecule has 24 heavy (non-hydrogen) atoms. The molecule has 1 aliphatic carbocycles. The Labute approximate surface area is 150 Å². The van der Waals surface area contributed by atoms with Crippen LogP contribution < -0.4 is 0 Å². The van der Waals surface area contributed by atoms with E-state index in [1.54, 1.807) is 30.5 Å². The summed E-state index contributed by atoms with van der Waals surface area (Å²) < 4.78 is 11.5. The van der Waals surface area contributed by atoms with Crippen molar-refractivity contribution >= 4 is 28.3 Å². The van der Waals surface area contributed by atoms with Crippen molar-refractivity contribution in [2.24, 2.45) is 0 Å². The number of amides is 1. The van der Waals surface area contributed by atoms with Crippen molar-refractivity contribution in [3.05, 3.63) is 64.7 Å². The summed E-state index contributed by atoms with van der Waals surface area (Å²) in [4.78, 5) is 15.7. The van der Waals surface area contributed by atoms with Crippen molar-refractivity contribution in [3.8, 4) is 0 Å². The van der Waals surface area contributed by atoms with Gasteiger partial charge in [-0.3, -0.25) is 9.00 Å². The van der Waals surface area contributed by atoms with Crippen molar-refractivity contribution in [2.45, 2.75) is 36.7 Å². The van der Waals surface area contributed by atoms with Gasteiger partial charge >= 0.3 is 0 Å². The minimum absolute atomic E-state index is 0.0118. The van der Waals surface area contributed by atoms with E-state index in [0.29, 0.717) is 16.6 Å². The second kappa shape index (κ2) is 7.08. The maximum Gasteiger partial charge on any atom is 0.254 e. The number of benzene rings is 2. The predicted octanol–water partition coefficient (Wildman–Crippen LogP) is 4.44. The molecular weight excluding hydrogens is 342 g/mol. The highest BCUT2D eigenvalue weighted by Crippen LogP contribution is 2.36. The molecule has 0 heterocycles. The first kappa shape index (κ1) is 17.2. The number of halogens is 1. The maximum absolute atomic E-state index is 13.0. The van der Waals surface area contributed by atoms with E-state index in [2.05, 4.69) is 6.92 Å². The molecule has 1 amide bonds. The Hall–Kier alpha value is -1.65. The fourth-order valence-electron chi connectivity index (χ4n) is 2.85. The van der Waals surface area contributed by atoms with Crippen LogP contribution in [0.15, 0.2) is 53.4 Å². The molecule has 0 aromatic heterocycles. The fraction of sp³-hybridized carbons (Fsp3) is 0.316. The summed E-state index contributed by atoms with van der Waals surface area (Å²) in [6.45, 7) is 2.05. The van der Waals surface area contributed by atoms with Crippen LogP contribution in [0.4, 0.5) is 0 Å². The van der Waals surface area contributed by atoms with Crippen LogP contribution in [0.2, 0.25) is 5.02 Å². The molecule has 3 rings (SSSR count). The molecule has 0 spiro atoms. The van der Waals surface area contributed by atoms with E-state index >= 15 is 0 Å². The van der Waals surface area contributed by atoms with Crippen LogP contribution in [0.3, 0.4) is 0 Å². The molecule has 0 aliphatic heterocycles. The molecular formula is C19H20ClNO2S. The van der Waals surface area contributed by atoms with E-state index in [9.17, 15) is 9.00 Å². The minimum atomic E-state index is -1.04. The molecule has 0 bridgehead atoms. The third kappa shape index (κ3) is 3.70. The van der Waals surface area contributed by atoms with Gasteiger partial charge in [0.15, 0.2) is 0 Å². The zero-order valence-electron chi connectivity index (χ0n) is 13.7. The zero-order valence-corrected chi connectivity index (χ0v) is 15.3. The van der Waals surface area contributed by atoms with Crippen molar-refractivity contribution < 1.29 is 9.00 Å². The van der Waals surface area contributed by atoms with Crippen molar-refractivity contribution in [3.63, 3.8) is 0 Å². The largest absolute Gasteiger partial charge is 0.329 e. The van der Waals surface area contributed by atoms with Gasteiger partial charge in [-0.25, -0.2) is 0 Å². The Bertz CT molecular complexity index is 754. The molecule has 0 saturated heterocycles. The summed E-state index contributed by atoms with van der Waals surface area (Å²) in [5.74, 6) is 0.0217. The standard InChI is InChI=1S/C19H20ClNO2S/c1-13(14-3-7-16(20)8-4-14)21(17-9-10-17)19(22)15-5-11-18(12-6-15)24(2)23/h3-8,11-13,17H,9-10H2,1-2H3. The molecule has 1 aliphatic rings. The molecule has 5 heteroatoms. The lowest BCUT2D eigenvalue weighted by molar-refractivity contribution is 0.0674. The number of hydrogen-bond donors (Lipinski definition) is 0. The van der Waals surface area contributed by atoms with Gasteiger partial charge in [0.05, 0.1) is 6.04 Å². The first-order valence-corrected chi connectivity index (χ1v) is 9.92. The van der Waals surface area contributed by atoms with Crippen molar-refractivity contribution in [2.75, 3.05) is 6.26 Å².